The van der Waals surface area contributed by atoms with E-state index in [1.165, 1.54) is 25.7 Å². The Morgan fingerprint density at radius 2 is 2.15 bits per heavy atom. The van der Waals surface area contributed by atoms with Gasteiger partial charge in [0.1, 0.15) is 5.38 Å². The van der Waals surface area contributed by atoms with E-state index >= 15 is 0 Å². The highest BCUT2D eigenvalue weighted by Crippen LogP contribution is 2.40. The van der Waals surface area contributed by atoms with Gasteiger partial charge in [-0.2, -0.15) is 5.10 Å². The first-order chi connectivity index (χ1) is 12.5. The Morgan fingerprint density at radius 3 is 2.88 bits per heavy atom. The molecular weight excluding hydrogens is 350 g/mol. The van der Waals surface area contributed by atoms with Crippen molar-refractivity contribution in [3.05, 3.63) is 35.9 Å². The monoisotopic (exact) mass is 373 g/mol. The third-order valence-electron chi connectivity index (χ3n) is 5.99. The Hall–Kier alpha value is -1.88. The van der Waals surface area contributed by atoms with Crippen LogP contribution in [-0.2, 0) is 17.8 Å². The summed E-state index contributed by atoms with van der Waals surface area (Å²) in [7, 11) is 0. The highest BCUT2D eigenvalue weighted by molar-refractivity contribution is 6.30. The Labute approximate surface area is 158 Å². The van der Waals surface area contributed by atoms with E-state index in [4.69, 9.17) is 11.6 Å². The van der Waals surface area contributed by atoms with Gasteiger partial charge in [0.2, 0.25) is 0 Å². The molecule has 1 fully saturated rings. The maximum absolute atomic E-state index is 11.2. The maximum Gasteiger partial charge on any atom is 0.322 e. The zero-order chi connectivity index (χ0) is 18.3. The maximum atomic E-state index is 11.2. The number of rotatable bonds is 5. The molecule has 5 nitrogen and oxygen atoms in total. The lowest BCUT2D eigenvalue weighted by atomic mass is 9.89. The summed E-state index contributed by atoms with van der Waals surface area (Å²) in [5, 5.41) is 12.8. The summed E-state index contributed by atoms with van der Waals surface area (Å²) in [4.78, 5) is 15.7. The molecule has 6 heteroatoms. The van der Waals surface area contributed by atoms with Crippen LogP contribution >= 0.6 is 11.6 Å². The predicted octanol–water partition coefficient (Wildman–Crippen LogP) is 4.25. The van der Waals surface area contributed by atoms with E-state index in [9.17, 15) is 9.90 Å². The lowest BCUT2D eigenvalue weighted by molar-refractivity contribution is -0.137. The molecular formula is C20H24ClN3O2. The second-order valence-electron chi connectivity index (χ2n) is 8.10. The third kappa shape index (κ3) is 3.25. The van der Waals surface area contributed by atoms with Crippen molar-refractivity contribution in [2.75, 3.05) is 0 Å². The fourth-order valence-corrected chi connectivity index (χ4v) is 4.74. The van der Waals surface area contributed by atoms with Gasteiger partial charge in [-0.3, -0.25) is 14.5 Å². The highest BCUT2D eigenvalue weighted by Gasteiger charge is 2.34. The van der Waals surface area contributed by atoms with Crippen LogP contribution in [0.2, 0.25) is 0 Å². The van der Waals surface area contributed by atoms with Gasteiger partial charge < -0.3 is 5.11 Å². The number of hydrogen-bond acceptors (Lipinski definition) is 3. The van der Waals surface area contributed by atoms with E-state index in [2.05, 4.69) is 34.0 Å². The van der Waals surface area contributed by atoms with E-state index in [-0.39, 0.29) is 5.92 Å². The number of hydrogen-bond donors (Lipinski definition) is 1. The summed E-state index contributed by atoms with van der Waals surface area (Å²) in [6.07, 6.45) is 12.6. The number of carboxylic acid groups (broad SMARTS) is 1. The fourth-order valence-electron chi connectivity index (χ4n) is 4.49. The standard InChI is InChI=1S/C20H24ClN3O2/c1-20(6-2-3-7-20)12-24-11-15(10-23-24)14-8-13-4-5-16(17(21)19(25)26)18(13)22-9-14/h8-11,16-17H,2-7,12H2,1H3,(H,25,26). The topological polar surface area (TPSA) is 68.0 Å². The van der Waals surface area contributed by atoms with Gasteiger partial charge >= 0.3 is 5.97 Å². The van der Waals surface area contributed by atoms with Crippen molar-refractivity contribution < 1.29 is 9.90 Å². The predicted molar refractivity (Wildman–Crippen MR) is 100 cm³/mol. The number of fused-ring (bicyclic) bond motifs is 1. The smallest absolute Gasteiger partial charge is 0.322 e. The van der Waals surface area contributed by atoms with Crippen LogP contribution in [0.3, 0.4) is 0 Å². The highest BCUT2D eigenvalue weighted by atomic mass is 35.5. The Kier molecular flexibility index (Phi) is 4.51. The van der Waals surface area contributed by atoms with Crippen molar-refractivity contribution in [2.45, 2.75) is 63.3 Å². The number of aliphatic carboxylic acids is 1. The van der Waals surface area contributed by atoms with Crippen LogP contribution in [0.25, 0.3) is 11.1 Å². The van der Waals surface area contributed by atoms with Crippen molar-refractivity contribution >= 4 is 17.6 Å². The van der Waals surface area contributed by atoms with Gasteiger partial charge in [-0.05, 0) is 42.7 Å². The zero-order valence-corrected chi connectivity index (χ0v) is 15.7. The molecule has 0 aliphatic heterocycles. The molecule has 2 aromatic rings. The SMILES string of the molecule is CC1(Cn2cc(-c3cnc4c(c3)CCC4C(Cl)C(=O)O)cn2)CCCC1. The van der Waals surface area contributed by atoms with Gasteiger partial charge in [0.25, 0.3) is 0 Å². The van der Waals surface area contributed by atoms with Crippen molar-refractivity contribution in [3.63, 3.8) is 0 Å². The summed E-state index contributed by atoms with van der Waals surface area (Å²) in [5.74, 6) is -1.18. The van der Waals surface area contributed by atoms with Crippen molar-refractivity contribution in [1.82, 2.24) is 14.8 Å². The molecule has 2 aliphatic rings. The number of carbonyl (C=O) groups is 1. The molecule has 2 aliphatic carbocycles. The van der Waals surface area contributed by atoms with Crippen LogP contribution in [0, 0.1) is 5.41 Å². The molecule has 0 amide bonds. The fraction of sp³-hybridized carbons (Fsp3) is 0.550. The molecule has 26 heavy (non-hydrogen) atoms. The number of aryl methyl sites for hydroxylation is 1. The molecule has 0 saturated heterocycles. The van der Waals surface area contributed by atoms with E-state index in [0.29, 0.717) is 5.41 Å². The van der Waals surface area contributed by atoms with Crippen LogP contribution in [0.15, 0.2) is 24.7 Å². The first-order valence-electron chi connectivity index (χ1n) is 9.34. The minimum Gasteiger partial charge on any atom is -0.480 e. The van der Waals surface area contributed by atoms with Gasteiger partial charge in [-0.15, -0.1) is 11.6 Å². The number of halogens is 1. The minimum atomic E-state index is -0.975. The second kappa shape index (κ2) is 6.69. The molecule has 0 radical (unpaired) electrons. The average Bonchev–Trinajstić information content (AvgIpc) is 3.33. The molecule has 0 spiro atoms. The van der Waals surface area contributed by atoms with Gasteiger partial charge in [-0.1, -0.05) is 19.8 Å². The Balaban J connectivity index is 1.54. The molecule has 4 rings (SSSR count). The third-order valence-corrected chi connectivity index (χ3v) is 6.48. The number of alkyl halides is 1. The van der Waals surface area contributed by atoms with Gasteiger partial charge in [0, 0.05) is 41.7 Å². The van der Waals surface area contributed by atoms with Crippen LogP contribution in [0.4, 0.5) is 0 Å². The molecule has 2 atom stereocenters. The summed E-state index contributed by atoms with van der Waals surface area (Å²) < 4.78 is 2.05. The zero-order valence-electron chi connectivity index (χ0n) is 15.0. The Morgan fingerprint density at radius 1 is 1.38 bits per heavy atom. The summed E-state index contributed by atoms with van der Waals surface area (Å²) in [6, 6.07) is 2.12. The molecule has 138 valence electrons. The summed E-state index contributed by atoms with van der Waals surface area (Å²) >= 11 is 6.05. The second-order valence-corrected chi connectivity index (χ2v) is 8.57. The minimum absolute atomic E-state index is 0.205. The first kappa shape index (κ1) is 17.5. The molecule has 0 bridgehead atoms. The molecule has 2 aromatic heterocycles. The molecule has 2 heterocycles. The normalized spacial score (nSPS) is 22.3. The number of nitrogens with zero attached hydrogens (tertiary/aromatic N) is 3. The summed E-state index contributed by atoms with van der Waals surface area (Å²) in [6.45, 7) is 3.31. The quantitative estimate of drug-likeness (QED) is 0.795. The number of carboxylic acids is 1. The van der Waals surface area contributed by atoms with Crippen molar-refractivity contribution in [2.24, 2.45) is 5.41 Å². The van der Waals surface area contributed by atoms with E-state index in [1.54, 1.807) is 0 Å². The van der Waals surface area contributed by atoms with Crippen molar-refractivity contribution in [1.29, 1.82) is 0 Å². The van der Waals surface area contributed by atoms with Gasteiger partial charge in [-0.25, -0.2) is 0 Å². The van der Waals surface area contributed by atoms with Gasteiger partial charge in [0.15, 0.2) is 0 Å². The van der Waals surface area contributed by atoms with Gasteiger partial charge in [0.05, 0.1) is 6.20 Å². The van der Waals surface area contributed by atoms with Crippen LogP contribution in [0.5, 0.6) is 0 Å². The van der Waals surface area contributed by atoms with Crippen LogP contribution in [-0.4, -0.2) is 31.2 Å². The van der Waals surface area contributed by atoms with E-state index < -0.39 is 11.3 Å². The molecule has 1 N–H and O–H groups in total. The lowest BCUT2D eigenvalue weighted by Gasteiger charge is -2.22. The largest absolute Gasteiger partial charge is 0.480 e. The lowest BCUT2D eigenvalue weighted by Crippen LogP contribution is -2.21. The van der Waals surface area contributed by atoms with Crippen molar-refractivity contribution in [3.8, 4) is 11.1 Å². The van der Waals surface area contributed by atoms with Crippen LogP contribution < -0.4 is 0 Å². The number of pyridine rings is 1. The first-order valence-corrected chi connectivity index (χ1v) is 9.77. The average molecular weight is 374 g/mol. The number of aromatic nitrogens is 3. The molecule has 2 unspecified atom stereocenters. The molecule has 0 aromatic carbocycles. The van der Waals surface area contributed by atoms with E-state index in [0.717, 1.165) is 41.8 Å². The molecule has 1 saturated carbocycles. The van der Waals surface area contributed by atoms with Crippen LogP contribution in [0.1, 0.15) is 56.2 Å². The Bertz CT molecular complexity index is 826. The van der Waals surface area contributed by atoms with E-state index in [1.807, 2.05) is 12.4 Å². The summed E-state index contributed by atoms with van der Waals surface area (Å²) in [5.41, 5.74) is 4.40.